The molecule has 1 aromatic heterocycles. The summed E-state index contributed by atoms with van der Waals surface area (Å²) in [6.45, 7) is 1.04. The average Bonchev–Trinajstić information content (AvgIpc) is 2.98. The maximum atomic E-state index is 13.1. The van der Waals surface area contributed by atoms with E-state index in [1.807, 2.05) is 54.6 Å². The van der Waals surface area contributed by atoms with Gasteiger partial charge in [-0.05, 0) is 54.3 Å². The van der Waals surface area contributed by atoms with Gasteiger partial charge in [-0.15, -0.1) is 0 Å². The van der Waals surface area contributed by atoms with Gasteiger partial charge in [0.1, 0.15) is 24.1 Å². The molecular weight excluding hydrogens is 526 g/mol. The smallest absolute Gasteiger partial charge is 0.328 e. The van der Waals surface area contributed by atoms with Crippen molar-refractivity contribution in [1.29, 1.82) is 0 Å². The first kappa shape index (κ1) is 28.9. The zero-order valence-electron chi connectivity index (χ0n) is 22.9. The fraction of sp³-hybridized carbons (Fsp3) is 0.226. The number of ether oxygens (including phenoxy) is 2. The van der Waals surface area contributed by atoms with Gasteiger partial charge in [0.25, 0.3) is 5.56 Å². The molecular formula is C31H31N3O7. The molecule has 10 heteroatoms. The van der Waals surface area contributed by atoms with Gasteiger partial charge in [0, 0.05) is 17.2 Å². The van der Waals surface area contributed by atoms with Crippen LogP contribution in [0.1, 0.15) is 28.7 Å². The highest BCUT2D eigenvalue weighted by Crippen LogP contribution is 2.44. The number of aryl methyl sites for hydroxylation is 1. The number of aromatic nitrogens is 2. The third-order valence-electron chi connectivity index (χ3n) is 7.08. The Morgan fingerprint density at radius 1 is 0.878 bits per heavy atom. The standard InChI is InChI=1S/C31H31N3O7/c1-20-18-34(30(39)33-28(20)36)19-27(35)32-26(29(37)38)17-31(21-7-5-4-6-8-21,22-9-13-24(40-2)14-10-22)23-11-15-25(41-3)16-12-23/h4-16,18,26H,17,19H2,1-3H3,(H,32,35)(H,37,38)(H,33,36,39). The fourth-order valence-electron chi connectivity index (χ4n) is 4.96. The number of carboxylic acid groups (broad SMARTS) is 1. The normalized spacial score (nSPS) is 11.9. The Balaban J connectivity index is 1.82. The lowest BCUT2D eigenvalue weighted by atomic mass is 9.66. The monoisotopic (exact) mass is 557 g/mol. The lowest BCUT2D eigenvalue weighted by molar-refractivity contribution is -0.142. The topological polar surface area (TPSA) is 140 Å². The molecule has 0 aliphatic rings. The van der Waals surface area contributed by atoms with Crippen molar-refractivity contribution in [3.8, 4) is 11.5 Å². The van der Waals surface area contributed by atoms with Crippen LogP contribution in [0.15, 0.2) is 94.6 Å². The third-order valence-corrected chi connectivity index (χ3v) is 7.08. The summed E-state index contributed by atoms with van der Waals surface area (Å²) in [4.78, 5) is 51.8. The van der Waals surface area contributed by atoms with Crippen molar-refractivity contribution in [2.45, 2.75) is 31.3 Å². The molecule has 0 radical (unpaired) electrons. The lowest BCUT2D eigenvalue weighted by Gasteiger charge is -2.38. The predicted molar refractivity (Wildman–Crippen MR) is 153 cm³/mol. The number of aromatic amines is 1. The molecule has 3 aromatic carbocycles. The van der Waals surface area contributed by atoms with E-state index in [1.165, 1.54) is 13.1 Å². The van der Waals surface area contributed by atoms with Gasteiger partial charge in [-0.2, -0.15) is 0 Å². The van der Waals surface area contributed by atoms with Crippen molar-refractivity contribution in [3.63, 3.8) is 0 Å². The molecule has 0 spiro atoms. The molecule has 0 aliphatic carbocycles. The summed E-state index contributed by atoms with van der Waals surface area (Å²) in [7, 11) is 3.13. The number of carboxylic acids is 1. The van der Waals surface area contributed by atoms with E-state index in [2.05, 4.69) is 10.3 Å². The number of rotatable bonds is 11. The number of methoxy groups -OCH3 is 2. The molecule has 0 saturated carbocycles. The van der Waals surface area contributed by atoms with Crippen molar-refractivity contribution in [3.05, 3.63) is 128 Å². The number of aliphatic carboxylic acids is 1. The first-order chi connectivity index (χ1) is 19.7. The molecule has 10 nitrogen and oxygen atoms in total. The van der Waals surface area contributed by atoms with Crippen LogP contribution in [0.3, 0.4) is 0 Å². The van der Waals surface area contributed by atoms with Crippen molar-refractivity contribution < 1.29 is 24.2 Å². The maximum Gasteiger partial charge on any atom is 0.328 e. The molecule has 0 fully saturated rings. The highest BCUT2D eigenvalue weighted by Gasteiger charge is 2.41. The molecule has 4 aromatic rings. The van der Waals surface area contributed by atoms with Crippen LogP contribution in [-0.2, 0) is 21.5 Å². The zero-order valence-corrected chi connectivity index (χ0v) is 22.9. The highest BCUT2D eigenvalue weighted by atomic mass is 16.5. The molecule has 1 heterocycles. The minimum absolute atomic E-state index is 0.0592. The number of nitrogens with zero attached hydrogens (tertiary/aromatic N) is 1. The molecule has 1 atom stereocenters. The Morgan fingerprint density at radius 2 is 1.39 bits per heavy atom. The number of hydrogen-bond acceptors (Lipinski definition) is 6. The quantitative estimate of drug-likeness (QED) is 0.241. The minimum atomic E-state index is -1.36. The van der Waals surface area contributed by atoms with E-state index >= 15 is 0 Å². The summed E-state index contributed by atoms with van der Waals surface area (Å²) in [5, 5.41) is 12.9. The Kier molecular flexibility index (Phi) is 8.72. The molecule has 0 bridgehead atoms. The van der Waals surface area contributed by atoms with Crippen LogP contribution in [-0.4, -0.2) is 46.8 Å². The summed E-state index contributed by atoms with van der Waals surface area (Å²) in [6.07, 6.45) is 1.20. The van der Waals surface area contributed by atoms with E-state index in [-0.39, 0.29) is 12.0 Å². The van der Waals surface area contributed by atoms with E-state index in [9.17, 15) is 24.3 Å². The number of carbonyl (C=O) groups is 2. The van der Waals surface area contributed by atoms with E-state index in [4.69, 9.17) is 9.47 Å². The first-order valence-corrected chi connectivity index (χ1v) is 12.8. The maximum absolute atomic E-state index is 13.1. The second kappa shape index (κ2) is 12.4. The molecule has 4 rings (SSSR count). The Hall–Kier alpha value is -5.12. The molecule has 0 aliphatic heterocycles. The largest absolute Gasteiger partial charge is 0.497 e. The van der Waals surface area contributed by atoms with Crippen LogP contribution in [0.5, 0.6) is 11.5 Å². The van der Waals surface area contributed by atoms with Crippen LogP contribution in [0.4, 0.5) is 0 Å². The third kappa shape index (κ3) is 6.22. The Labute approximate surface area is 236 Å². The number of amides is 1. The zero-order chi connectivity index (χ0) is 29.6. The van der Waals surface area contributed by atoms with Crippen molar-refractivity contribution in [2.75, 3.05) is 14.2 Å². The number of benzene rings is 3. The van der Waals surface area contributed by atoms with Gasteiger partial charge in [0.2, 0.25) is 5.91 Å². The molecule has 41 heavy (non-hydrogen) atoms. The molecule has 1 unspecified atom stereocenters. The van der Waals surface area contributed by atoms with Crippen LogP contribution in [0.25, 0.3) is 0 Å². The second-order valence-electron chi connectivity index (χ2n) is 9.59. The van der Waals surface area contributed by atoms with Crippen LogP contribution in [0.2, 0.25) is 0 Å². The van der Waals surface area contributed by atoms with Crippen molar-refractivity contribution >= 4 is 11.9 Å². The molecule has 212 valence electrons. The van der Waals surface area contributed by atoms with Gasteiger partial charge in [-0.1, -0.05) is 54.6 Å². The van der Waals surface area contributed by atoms with E-state index in [0.29, 0.717) is 11.5 Å². The molecule has 3 N–H and O–H groups in total. The summed E-state index contributed by atoms with van der Waals surface area (Å²) < 4.78 is 11.7. The number of nitrogens with one attached hydrogen (secondary N) is 2. The van der Waals surface area contributed by atoms with Gasteiger partial charge in [-0.3, -0.25) is 19.1 Å². The van der Waals surface area contributed by atoms with Crippen molar-refractivity contribution in [2.24, 2.45) is 0 Å². The number of H-pyrrole nitrogens is 1. The van der Waals surface area contributed by atoms with E-state index in [0.717, 1.165) is 21.3 Å². The van der Waals surface area contributed by atoms with Gasteiger partial charge in [0.05, 0.1) is 14.2 Å². The summed E-state index contributed by atoms with van der Waals surface area (Å²) in [5.74, 6) is -0.673. The predicted octanol–water partition coefficient (Wildman–Crippen LogP) is 2.86. The number of carbonyl (C=O) groups excluding carboxylic acids is 1. The molecule has 1 amide bonds. The second-order valence-corrected chi connectivity index (χ2v) is 9.59. The summed E-state index contributed by atoms with van der Waals surface area (Å²) in [6, 6.07) is 22.8. The van der Waals surface area contributed by atoms with Gasteiger partial charge >= 0.3 is 11.7 Å². The van der Waals surface area contributed by atoms with Crippen LogP contribution >= 0.6 is 0 Å². The average molecular weight is 558 g/mol. The summed E-state index contributed by atoms with van der Waals surface area (Å²) in [5.41, 5.74) is 0.268. The molecule has 0 saturated heterocycles. The Bertz CT molecular complexity index is 1580. The van der Waals surface area contributed by atoms with Gasteiger partial charge in [0.15, 0.2) is 0 Å². The summed E-state index contributed by atoms with van der Waals surface area (Å²) >= 11 is 0. The SMILES string of the molecule is COc1ccc(C(CC(NC(=O)Cn2cc(C)c(=O)[nH]c2=O)C(=O)O)(c2ccccc2)c2ccc(OC)cc2)cc1. The van der Waals surface area contributed by atoms with E-state index in [1.54, 1.807) is 38.5 Å². The van der Waals surface area contributed by atoms with Crippen LogP contribution < -0.4 is 26.0 Å². The van der Waals surface area contributed by atoms with Crippen molar-refractivity contribution in [1.82, 2.24) is 14.9 Å². The minimum Gasteiger partial charge on any atom is -0.497 e. The highest BCUT2D eigenvalue weighted by molar-refractivity contribution is 5.83. The van der Waals surface area contributed by atoms with Gasteiger partial charge in [-0.25, -0.2) is 9.59 Å². The lowest BCUT2D eigenvalue weighted by Crippen LogP contribution is -2.48. The van der Waals surface area contributed by atoms with Gasteiger partial charge < -0.3 is 19.9 Å². The van der Waals surface area contributed by atoms with E-state index < -0.39 is 41.1 Å². The Morgan fingerprint density at radius 3 is 1.88 bits per heavy atom. The fourth-order valence-corrected chi connectivity index (χ4v) is 4.96. The first-order valence-electron chi connectivity index (χ1n) is 12.8. The van der Waals surface area contributed by atoms with Crippen LogP contribution in [0, 0.1) is 6.92 Å². The number of hydrogen-bond donors (Lipinski definition) is 3.